The average Bonchev–Trinajstić information content (AvgIpc) is 2.03. The minimum atomic E-state index is -0.867. The van der Waals surface area contributed by atoms with E-state index < -0.39 is 17.2 Å². The van der Waals surface area contributed by atoms with Gasteiger partial charge in [-0.05, 0) is 17.7 Å². The van der Waals surface area contributed by atoms with Crippen molar-refractivity contribution in [3.8, 4) is 6.07 Å². The number of halogens is 3. The van der Waals surface area contributed by atoms with Crippen LogP contribution in [0.4, 0.5) is 8.78 Å². The Labute approximate surface area is 73.2 Å². The van der Waals surface area contributed by atoms with Gasteiger partial charge in [-0.2, -0.15) is 5.26 Å². The molecule has 0 atom stereocenters. The van der Waals surface area contributed by atoms with Gasteiger partial charge in [-0.1, -0.05) is 0 Å². The normalized spacial score (nSPS) is 9.50. The first kappa shape index (κ1) is 8.95. The SMILES string of the molecule is N#Cc1c(F)cc(CCl)cc1F. The van der Waals surface area contributed by atoms with Gasteiger partial charge in [-0.15, -0.1) is 11.6 Å². The van der Waals surface area contributed by atoms with Crippen molar-refractivity contribution in [2.24, 2.45) is 0 Å². The van der Waals surface area contributed by atoms with Crippen LogP contribution in [0, 0.1) is 23.0 Å². The maximum atomic E-state index is 12.8. The van der Waals surface area contributed by atoms with Gasteiger partial charge in [0.1, 0.15) is 23.3 Å². The quantitative estimate of drug-likeness (QED) is 0.620. The number of hydrogen-bond acceptors (Lipinski definition) is 1. The molecular weight excluding hydrogens is 184 g/mol. The van der Waals surface area contributed by atoms with Crippen LogP contribution in [0.25, 0.3) is 0 Å². The van der Waals surface area contributed by atoms with Crippen LogP contribution in [-0.2, 0) is 5.88 Å². The zero-order valence-corrected chi connectivity index (χ0v) is 6.70. The average molecular weight is 188 g/mol. The number of hydrogen-bond donors (Lipinski definition) is 0. The lowest BCUT2D eigenvalue weighted by atomic mass is 10.1. The fourth-order valence-electron chi connectivity index (χ4n) is 0.810. The van der Waals surface area contributed by atoms with Crippen molar-refractivity contribution in [1.29, 1.82) is 5.26 Å². The largest absolute Gasteiger partial charge is 0.205 e. The highest BCUT2D eigenvalue weighted by Gasteiger charge is 2.09. The van der Waals surface area contributed by atoms with Crippen molar-refractivity contribution in [1.82, 2.24) is 0 Å². The maximum absolute atomic E-state index is 12.8. The van der Waals surface area contributed by atoms with Gasteiger partial charge in [0.2, 0.25) is 0 Å². The van der Waals surface area contributed by atoms with Gasteiger partial charge in [-0.25, -0.2) is 8.78 Å². The molecule has 0 amide bonds. The minimum absolute atomic E-state index is 0.0273. The molecular formula is C8H4ClF2N. The Morgan fingerprint density at radius 2 is 1.83 bits per heavy atom. The van der Waals surface area contributed by atoms with Crippen LogP contribution in [0.15, 0.2) is 12.1 Å². The third-order valence-electron chi connectivity index (χ3n) is 1.37. The first-order valence-electron chi connectivity index (χ1n) is 3.13. The van der Waals surface area contributed by atoms with Gasteiger partial charge >= 0.3 is 0 Å². The molecule has 1 nitrogen and oxygen atoms in total. The van der Waals surface area contributed by atoms with Gasteiger partial charge in [0, 0.05) is 5.88 Å². The molecule has 0 aromatic heterocycles. The number of alkyl halides is 1. The van der Waals surface area contributed by atoms with E-state index in [1.54, 1.807) is 0 Å². The summed E-state index contributed by atoms with van der Waals surface area (Å²) in [7, 11) is 0. The molecule has 0 saturated heterocycles. The third-order valence-corrected chi connectivity index (χ3v) is 1.68. The van der Waals surface area contributed by atoms with E-state index >= 15 is 0 Å². The summed E-state index contributed by atoms with van der Waals surface area (Å²) < 4.78 is 25.6. The van der Waals surface area contributed by atoms with Crippen LogP contribution in [0.2, 0.25) is 0 Å². The molecule has 12 heavy (non-hydrogen) atoms. The van der Waals surface area contributed by atoms with E-state index in [4.69, 9.17) is 16.9 Å². The van der Waals surface area contributed by atoms with Crippen molar-refractivity contribution in [2.75, 3.05) is 0 Å². The Hall–Kier alpha value is -1.14. The molecule has 0 bridgehead atoms. The number of nitriles is 1. The molecule has 0 N–H and O–H groups in total. The van der Waals surface area contributed by atoms with Crippen molar-refractivity contribution < 1.29 is 8.78 Å². The van der Waals surface area contributed by atoms with Crippen molar-refractivity contribution in [2.45, 2.75) is 5.88 Å². The van der Waals surface area contributed by atoms with Gasteiger partial charge in [-0.3, -0.25) is 0 Å². The van der Waals surface area contributed by atoms with Gasteiger partial charge in [0.15, 0.2) is 0 Å². The predicted octanol–water partition coefficient (Wildman–Crippen LogP) is 2.58. The van der Waals surface area contributed by atoms with Gasteiger partial charge < -0.3 is 0 Å². The summed E-state index contributed by atoms with van der Waals surface area (Å²) in [4.78, 5) is 0. The lowest BCUT2D eigenvalue weighted by Gasteiger charge is -1.98. The van der Waals surface area contributed by atoms with Gasteiger partial charge in [0.25, 0.3) is 0 Å². The number of rotatable bonds is 1. The van der Waals surface area contributed by atoms with E-state index in [0.29, 0.717) is 5.56 Å². The molecule has 0 saturated carbocycles. The Kier molecular flexibility index (Phi) is 2.61. The first-order valence-corrected chi connectivity index (χ1v) is 3.66. The smallest absolute Gasteiger partial charge is 0.144 e. The van der Waals surface area contributed by atoms with Crippen molar-refractivity contribution in [3.63, 3.8) is 0 Å². The van der Waals surface area contributed by atoms with E-state index in [0.717, 1.165) is 12.1 Å². The summed E-state index contributed by atoms with van der Waals surface area (Å²) in [5.41, 5.74) is -0.241. The van der Waals surface area contributed by atoms with E-state index in [1.165, 1.54) is 6.07 Å². The van der Waals surface area contributed by atoms with Crippen LogP contribution in [0.1, 0.15) is 11.1 Å². The first-order chi connectivity index (χ1) is 5.69. The fraction of sp³-hybridized carbons (Fsp3) is 0.125. The standard InChI is InChI=1S/C8H4ClF2N/c9-3-5-1-7(10)6(4-12)8(11)2-5/h1-2H,3H2. The van der Waals surface area contributed by atoms with E-state index in [1.807, 2.05) is 0 Å². The molecule has 1 aromatic rings. The lowest BCUT2D eigenvalue weighted by Crippen LogP contribution is -1.92. The van der Waals surface area contributed by atoms with Crippen LogP contribution < -0.4 is 0 Å². The second kappa shape index (κ2) is 3.51. The topological polar surface area (TPSA) is 23.8 Å². The van der Waals surface area contributed by atoms with Gasteiger partial charge in [0.05, 0.1) is 0 Å². The molecule has 0 aliphatic carbocycles. The summed E-state index contributed by atoms with van der Waals surface area (Å²) >= 11 is 5.35. The predicted molar refractivity (Wildman–Crippen MR) is 40.6 cm³/mol. The van der Waals surface area contributed by atoms with Crippen molar-refractivity contribution >= 4 is 11.6 Å². The molecule has 1 aromatic carbocycles. The third kappa shape index (κ3) is 1.54. The molecule has 0 aliphatic heterocycles. The molecule has 1 rings (SSSR count). The Morgan fingerprint density at radius 3 is 2.17 bits per heavy atom. The van der Waals surface area contributed by atoms with Crippen LogP contribution in [0.5, 0.6) is 0 Å². The minimum Gasteiger partial charge on any atom is -0.205 e. The zero-order chi connectivity index (χ0) is 9.14. The molecule has 0 aliphatic rings. The highest BCUT2D eigenvalue weighted by Crippen LogP contribution is 2.15. The Balaban J connectivity index is 3.30. The highest BCUT2D eigenvalue weighted by molar-refractivity contribution is 6.17. The lowest BCUT2D eigenvalue weighted by molar-refractivity contribution is 0.574. The molecule has 0 heterocycles. The Bertz CT molecular complexity index is 320. The highest BCUT2D eigenvalue weighted by atomic mass is 35.5. The van der Waals surface area contributed by atoms with Crippen molar-refractivity contribution in [3.05, 3.63) is 34.9 Å². The van der Waals surface area contributed by atoms with Crippen LogP contribution in [-0.4, -0.2) is 0 Å². The van der Waals surface area contributed by atoms with E-state index in [9.17, 15) is 8.78 Å². The molecule has 4 heteroatoms. The summed E-state index contributed by atoms with van der Waals surface area (Å²) in [5.74, 6) is -1.71. The van der Waals surface area contributed by atoms with E-state index in [-0.39, 0.29) is 5.88 Å². The maximum Gasteiger partial charge on any atom is 0.144 e. The monoisotopic (exact) mass is 187 g/mol. The second-order valence-electron chi connectivity index (χ2n) is 2.18. The summed E-state index contributed by atoms with van der Waals surface area (Å²) in [6.45, 7) is 0. The Morgan fingerprint density at radius 1 is 1.33 bits per heavy atom. The summed E-state index contributed by atoms with van der Waals surface area (Å²) in [6, 6.07) is 3.52. The van der Waals surface area contributed by atoms with E-state index in [2.05, 4.69) is 0 Å². The summed E-state index contributed by atoms with van der Waals surface area (Å²) in [6.07, 6.45) is 0. The molecule has 0 spiro atoms. The second-order valence-corrected chi connectivity index (χ2v) is 2.45. The molecule has 0 radical (unpaired) electrons. The zero-order valence-electron chi connectivity index (χ0n) is 5.94. The number of nitrogens with zero attached hydrogens (tertiary/aromatic N) is 1. The van der Waals surface area contributed by atoms with Crippen LogP contribution in [0.3, 0.4) is 0 Å². The fourth-order valence-corrected chi connectivity index (χ4v) is 0.964. The molecule has 0 unspecified atom stereocenters. The summed E-state index contributed by atoms with van der Waals surface area (Å²) in [5, 5.41) is 8.30. The molecule has 62 valence electrons. The molecule has 0 fully saturated rings. The van der Waals surface area contributed by atoms with Crippen LogP contribution >= 0.6 is 11.6 Å². The number of benzene rings is 1.